The third kappa shape index (κ3) is 3.76. The lowest BCUT2D eigenvalue weighted by molar-refractivity contribution is 0.137. The number of nitrogens with two attached hydrogens (primary N) is 2. The van der Waals surface area contributed by atoms with Gasteiger partial charge in [-0.1, -0.05) is 51.0 Å². The van der Waals surface area contributed by atoms with E-state index in [1.54, 1.807) is 0 Å². The number of hydrogen-bond acceptors (Lipinski definition) is 2. The van der Waals surface area contributed by atoms with Crippen molar-refractivity contribution in [3.63, 3.8) is 0 Å². The van der Waals surface area contributed by atoms with Crippen LogP contribution in [0.2, 0.25) is 0 Å². The SMILES string of the molecule is CCCCCC(N=C(N)N)N1Cc2ccccc2C1CC. The van der Waals surface area contributed by atoms with Crippen molar-refractivity contribution >= 4 is 5.96 Å². The summed E-state index contributed by atoms with van der Waals surface area (Å²) in [6, 6.07) is 9.12. The monoisotopic (exact) mass is 288 g/mol. The van der Waals surface area contributed by atoms with Crippen LogP contribution >= 0.6 is 0 Å². The molecule has 4 nitrogen and oxygen atoms in total. The van der Waals surface area contributed by atoms with Crippen LogP contribution in [0.25, 0.3) is 0 Å². The van der Waals surface area contributed by atoms with E-state index in [-0.39, 0.29) is 12.1 Å². The molecule has 21 heavy (non-hydrogen) atoms. The van der Waals surface area contributed by atoms with Gasteiger partial charge in [-0.2, -0.15) is 0 Å². The van der Waals surface area contributed by atoms with E-state index < -0.39 is 0 Å². The zero-order valence-corrected chi connectivity index (χ0v) is 13.3. The smallest absolute Gasteiger partial charge is 0.187 e. The van der Waals surface area contributed by atoms with E-state index in [9.17, 15) is 0 Å². The highest BCUT2D eigenvalue weighted by molar-refractivity contribution is 5.75. The quantitative estimate of drug-likeness (QED) is 0.460. The van der Waals surface area contributed by atoms with Gasteiger partial charge < -0.3 is 11.5 Å². The molecule has 0 spiro atoms. The minimum Gasteiger partial charge on any atom is -0.370 e. The van der Waals surface area contributed by atoms with Gasteiger partial charge in [0.1, 0.15) is 6.17 Å². The van der Waals surface area contributed by atoms with Crippen molar-refractivity contribution in [3.05, 3.63) is 35.4 Å². The molecule has 0 saturated carbocycles. The third-order valence-corrected chi connectivity index (χ3v) is 4.30. The number of unbranched alkanes of at least 4 members (excludes halogenated alkanes) is 2. The standard InChI is InChI=1S/C17H28N4/c1-3-5-6-11-16(20-17(18)19)21-12-13-9-7-8-10-14(13)15(21)4-2/h7-10,15-16H,3-6,11-12H2,1-2H3,(H4,18,19,20). The van der Waals surface area contributed by atoms with Gasteiger partial charge in [-0.25, -0.2) is 4.99 Å². The van der Waals surface area contributed by atoms with Crippen molar-refractivity contribution in [2.24, 2.45) is 16.5 Å². The summed E-state index contributed by atoms with van der Waals surface area (Å²) in [4.78, 5) is 6.97. The lowest BCUT2D eigenvalue weighted by atomic mass is 10.0. The van der Waals surface area contributed by atoms with E-state index in [2.05, 4.69) is 48.0 Å². The minimum absolute atomic E-state index is 0.0962. The number of nitrogens with zero attached hydrogens (tertiary/aromatic N) is 2. The molecule has 4 N–H and O–H groups in total. The summed E-state index contributed by atoms with van der Waals surface area (Å²) in [5.41, 5.74) is 14.2. The summed E-state index contributed by atoms with van der Waals surface area (Å²) in [6.07, 6.45) is 5.82. The summed E-state index contributed by atoms with van der Waals surface area (Å²) >= 11 is 0. The predicted octanol–water partition coefficient (Wildman–Crippen LogP) is 3.13. The van der Waals surface area contributed by atoms with E-state index >= 15 is 0 Å². The van der Waals surface area contributed by atoms with Crippen molar-refractivity contribution in [2.45, 2.75) is 64.7 Å². The lowest BCUT2D eigenvalue weighted by Crippen LogP contribution is -2.36. The maximum absolute atomic E-state index is 5.66. The molecule has 1 aromatic carbocycles. The van der Waals surface area contributed by atoms with Crippen molar-refractivity contribution in [1.82, 2.24) is 4.90 Å². The second-order valence-corrected chi connectivity index (χ2v) is 5.83. The van der Waals surface area contributed by atoms with E-state index in [4.69, 9.17) is 11.5 Å². The van der Waals surface area contributed by atoms with E-state index in [1.165, 1.54) is 30.4 Å². The largest absolute Gasteiger partial charge is 0.370 e. The van der Waals surface area contributed by atoms with Crippen LogP contribution in [0.1, 0.15) is 63.1 Å². The number of aliphatic imine (C=N–C) groups is 1. The summed E-state index contributed by atoms with van der Waals surface area (Å²) < 4.78 is 0. The van der Waals surface area contributed by atoms with E-state index in [0.29, 0.717) is 6.04 Å². The molecule has 0 aliphatic carbocycles. The van der Waals surface area contributed by atoms with Gasteiger partial charge in [-0.3, -0.25) is 4.90 Å². The Bertz CT molecular complexity index is 479. The van der Waals surface area contributed by atoms with Crippen molar-refractivity contribution < 1.29 is 0 Å². The van der Waals surface area contributed by atoms with Gasteiger partial charge in [0.2, 0.25) is 0 Å². The molecule has 0 fully saturated rings. The molecule has 116 valence electrons. The topological polar surface area (TPSA) is 67.6 Å². The Hall–Kier alpha value is -1.55. The fourth-order valence-corrected chi connectivity index (χ4v) is 3.31. The molecule has 4 heteroatoms. The normalized spacial score (nSPS) is 19.2. The van der Waals surface area contributed by atoms with E-state index in [1.807, 2.05) is 0 Å². The maximum atomic E-state index is 5.66. The third-order valence-electron chi connectivity index (χ3n) is 4.30. The van der Waals surface area contributed by atoms with Crippen molar-refractivity contribution in [2.75, 3.05) is 0 Å². The molecule has 0 bridgehead atoms. The lowest BCUT2D eigenvalue weighted by Gasteiger charge is -2.30. The molecule has 1 aromatic rings. The highest BCUT2D eigenvalue weighted by Gasteiger charge is 2.33. The molecule has 2 atom stereocenters. The Morgan fingerprint density at radius 1 is 1.29 bits per heavy atom. The number of hydrogen-bond donors (Lipinski definition) is 2. The Labute approximate surface area is 128 Å². The van der Waals surface area contributed by atoms with Gasteiger partial charge in [0.05, 0.1) is 0 Å². The maximum Gasteiger partial charge on any atom is 0.187 e. The van der Waals surface area contributed by atoms with Crippen LogP contribution in [-0.2, 0) is 6.54 Å². The average Bonchev–Trinajstić information content (AvgIpc) is 2.84. The van der Waals surface area contributed by atoms with Crippen LogP contribution < -0.4 is 11.5 Å². The molecule has 0 radical (unpaired) electrons. The molecule has 1 aliphatic rings. The molecule has 0 saturated heterocycles. The number of rotatable bonds is 7. The molecular weight excluding hydrogens is 260 g/mol. The Balaban J connectivity index is 2.18. The molecular formula is C17H28N4. The van der Waals surface area contributed by atoms with Crippen LogP contribution in [0.5, 0.6) is 0 Å². The molecule has 2 unspecified atom stereocenters. The van der Waals surface area contributed by atoms with Crippen LogP contribution in [0.4, 0.5) is 0 Å². The Morgan fingerprint density at radius 3 is 2.71 bits per heavy atom. The van der Waals surface area contributed by atoms with Crippen LogP contribution in [0.3, 0.4) is 0 Å². The van der Waals surface area contributed by atoms with E-state index in [0.717, 1.165) is 19.4 Å². The highest BCUT2D eigenvalue weighted by Crippen LogP contribution is 2.38. The highest BCUT2D eigenvalue weighted by atomic mass is 15.3. The summed E-state index contributed by atoms with van der Waals surface area (Å²) in [5.74, 6) is 0.197. The van der Waals surface area contributed by atoms with Gasteiger partial charge in [-0.05, 0) is 30.4 Å². The van der Waals surface area contributed by atoms with Gasteiger partial charge in [-0.15, -0.1) is 0 Å². The molecule has 0 amide bonds. The molecule has 1 aliphatic heterocycles. The van der Waals surface area contributed by atoms with Crippen LogP contribution in [0.15, 0.2) is 29.3 Å². The first-order valence-corrected chi connectivity index (χ1v) is 8.09. The summed E-state index contributed by atoms with van der Waals surface area (Å²) in [6.45, 7) is 5.40. The molecule has 2 rings (SSSR count). The Kier molecular flexibility index (Phi) is 5.62. The number of fused-ring (bicyclic) bond motifs is 1. The molecule has 0 aromatic heterocycles. The average molecular weight is 288 g/mol. The van der Waals surface area contributed by atoms with Crippen LogP contribution in [-0.4, -0.2) is 17.0 Å². The van der Waals surface area contributed by atoms with Gasteiger partial charge in [0.15, 0.2) is 5.96 Å². The van der Waals surface area contributed by atoms with Crippen LogP contribution in [0, 0.1) is 0 Å². The fourth-order valence-electron chi connectivity index (χ4n) is 3.31. The second-order valence-electron chi connectivity index (χ2n) is 5.83. The molecule has 1 heterocycles. The van der Waals surface area contributed by atoms with Crippen molar-refractivity contribution in [3.8, 4) is 0 Å². The zero-order valence-electron chi connectivity index (χ0n) is 13.3. The van der Waals surface area contributed by atoms with Gasteiger partial charge in [0.25, 0.3) is 0 Å². The van der Waals surface area contributed by atoms with Gasteiger partial charge in [0, 0.05) is 12.6 Å². The zero-order chi connectivity index (χ0) is 15.2. The first-order chi connectivity index (χ1) is 10.2. The fraction of sp³-hybridized carbons (Fsp3) is 0.588. The van der Waals surface area contributed by atoms with Crippen molar-refractivity contribution in [1.29, 1.82) is 0 Å². The number of benzene rings is 1. The first kappa shape index (κ1) is 15.8. The summed E-state index contributed by atoms with van der Waals surface area (Å²) in [7, 11) is 0. The van der Waals surface area contributed by atoms with Gasteiger partial charge >= 0.3 is 0 Å². The second kappa shape index (κ2) is 7.46. The Morgan fingerprint density at radius 2 is 2.05 bits per heavy atom. The summed E-state index contributed by atoms with van der Waals surface area (Å²) in [5, 5.41) is 0. The predicted molar refractivity (Wildman–Crippen MR) is 88.8 cm³/mol. The number of guanidine groups is 1. The first-order valence-electron chi connectivity index (χ1n) is 8.09. The minimum atomic E-state index is 0.0962.